The molecule has 0 saturated heterocycles. The minimum atomic E-state index is -0.240. The molecule has 0 saturated carbocycles. The maximum Gasteiger partial charge on any atom is 0.330 e. The minimum Gasteiger partial charge on any atom is -0.463 e. The van der Waals surface area contributed by atoms with E-state index in [4.69, 9.17) is 4.74 Å². The average molecular weight is 185 g/mol. The molecule has 0 fully saturated rings. The van der Waals surface area contributed by atoms with Crippen molar-refractivity contribution in [2.75, 3.05) is 20.2 Å². The lowest BCUT2D eigenvalue weighted by atomic mass is 10.2. The van der Waals surface area contributed by atoms with Gasteiger partial charge in [-0.15, -0.1) is 0 Å². The smallest absolute Gasteiger partial charge is 0.330 e. The lowest BCUT2D eigenvalue weighted by Crippen LogP contribution is -2.06. The van der Waals surface area contributed by atoms with E-state index in [1.54, 1.807) is 6.92 Å². The van der Waals surface area contributed by atoms with E-state index < -0.39 is 0 Å². The highest BCUT2D eigenvalue weighted by molar-refractivity contribution is 5.81. The maximum atomic E-state index is 10.8. The van der Waals surface area contributed by atoms with Gasteiger partial charge in [0.25, 0.3) is 0 Å². The van der Waals surface area contributed by atoms with Crippen LogP contribution in [0.3, 0.4) is 0 Å². The van der Waals surface area contributed by atoms with Gasteiger partial charge in [0.1, 0.15) is 0 Å². The first-order valence-corrected chi connectivity index (χ1v) is 4.79. The Labute approximate surface area is 80.2 Å². The normalized spacial score (nSPS) is 10.6. The van der Waals surface area contributed by atoms with Gasteiger partial charge in [0.2, 0.25) is 0 Å². The van der Waals surface area contributed by atoms with Crippen molar-refractivity contribution in [2.24, 2.45) is 0 Å². The Morgan fingerprint density at radius 1 is 1.46 bits per heavy atom. The summed E-state index contributed by atoms with van der Waals surface area (Å²) in [4.78, 5) is 10.8. The Kier molecular flexibility index (Phi) is 8.67. The predicted molar refractivity (Wildman–Crippen MR) is 53.6 cm³/mol. The lowest BCUT2D eigenvalue weighted by Gasteiger charge is -1.96. The van der Waals surface area contributed by atoms with Crippen molar-refractivity contribution in [2.45, 2.75) is 26.2 Å². The van der Waals surface area contributed by atoms with E-state index in [1.165, 1.54) is 6.08 Å². The molecule has 0 aromatic rings. The molecule has 0 amide bonds. The minimum absolute atomic E-state index is 0.240. The van der Waals surface area contributed by atoms with Gasteiger partial charge in [-0.05, 0) is 39.8 Å². The zero-order chi connectivity index (χ0) is 9.94. The number of hydrogen-bond donors (Lipinski definition) is 1. The largest absolute Gasteiger partial charge is 0.463 e. The number of hydrogen-bond acceptors (Lipinski definition) is 3. The number of nitrogens with one attached hydrogen (secondary N) is 1. The summed E-state index contributed by atoms with van der Waals surface area (Å²) in [5.41, 5.74) is 0. The fourth-order valence-corrected chi connectivity index (χ4v) is 0.934. The summed E-state index contributed by atoms with van der Waals surface area (Å²) < 4.78 is 4.73. The molecule has 0 aromatic heterocycles. The van der Waals surface area contributed by atoms with Crippen molar-refractivity contribution in [3.63, 3.8) is 0 Å². The van der Waals surface area contributed by atoms with Crippen LogP contribution in [0.15, 0.2) is 12.2 Å². The zero-order valence-electron chi connectivity index (χ0n) is 8.51. The van der Waals surface area contributed by atoms with Crippen LogP contribution < -0.4 is 5.32 Å². The standard InChI is InChI=1S/C10H19NO2/c1-3-13-10(12)8-6-4-5-7-9-11-2/h6,8,11H,3-5,7,9H2,1-2H3/b8-6+. The van der Waals surface area contributed by atoms with Gasteiger partial charge in [-0.25, -0.2) is 4.79 Å². The molecule has 3 nitrogen and oxygen atoms in total. The predicted octanol–water partition coefficient (Wildman–Crippen LogP) is 1.50. The van der Waals surface area contributed by atoms with E-state index in [2.05, 4.69) is 5.32 Å². The molecule has 0 unspecified atom stereocenters. The van der Waals surface area contributed by atoms with E-state index in [0.29, 0.717) is 6.61 Å². The number of rotatable bonds is 7. The number of esters is 1. The number of carbonyl (C=O) groups excluding carboxylic acids is 1. The van der Waals surface area contributed by atoms with Crippen LogP contribution in [0.25, 0.3) is 0 Å². The van der Waals surface area contributed by atoms with Gasteiger partial charge in [-0.2, -0.15) is 0 Å². The Morgan fingerprint density at radius 3 is 2.85 bits per heavy atom. The molecule has 76 valence electrons. The Balaban J connectivity index is 3.25. The van der Waals surface area contributed by atoms with Gasteiger partial charge in [-0.3, -0.25) is 0 Å². The molecule has 0 radical (unpaired) electrons. The van der Waals surface area contributed by atoms with Gasteiger partial charge in [0, 0.05) is 6.08 Å². The second kappa shape index (κ2) is 9.26. The van der Waals surface area contributed by atoms with Gasteiger partial charge in [0.15, 0.2) is 0 Å². The molecule has 0 aliphatic carbocycles. The Hall–Kier alpha value is -0.830. The molecule has 1 N–H and O–H groups in total. The summed E-state index contributed by atoms with van der Waals surface area (Å²) in [5, 5.41) is 3.07. The topological polar surface area (TPSA) is 38.3 Å². The van der Waals surface area contributed by atoms with Crippen LogP contribution in [0, 0.1) is 0 Å². The van der Waals surface area contributed by atoms with Crippen LogP contribution in [0.4, 0.5) is 0 Å². The summed E-state index contributed by atoms with van der Waals surface area (Å²) in [6.07, 6.45) is 6.57. The molecular formula is C10H19NO2. The number of ether oxygens (including phenoxy) is 1. The van der Waals surface area contributed by atoms with Gasteiger partial charge in [0.05, 0.1) is 6.61 Å². The van der Waals surface area contributed by atoms with Crippen LogP contribution in [-0.2, 0) is 9.53 Å². The van der Waals surface area contributed by atoms with Crippen molar-refractivity contribution in [1.82, 2.24) is 5.32 Å². The van der Waals surface area contributed by atoms with Crippen LogP contribution in [0.5, 0.6) is 0 Å². The van der Waals surface area contributed by atoms with Crippen LogP contribution >= 0.6 is 0 Å². The van der Waals surface area contributed by atoms with Gasteiger partial charge >= 0.3 is 5.97 Å². The Morgan fingerprint density at radius 2 is 2.23 bits per heavy atom. The van der Waals surface area contributed by atoms with E-state index in [9.17, 15) is 4.79 Å². The number of carbonyl (C=O) groups is 1. The van der Waals surface area contributed by atoms with Crippen LogP contribution in [-0.4, -0.2) is 26.2 Å². The van der Waals surface area contributed by atoms with E-state index in [0.717, 1.165) is 25.8 Å². The second-order valence-corrected chi connectivity index (χ2v) is 2.75. The third-order valence-electron chi connectivity index (χ3n) is 1.59. The molecule has 0 atom stereocenters. The molecule has 3 heteroatoms. The molecule has 0 aliphatic heterocycles. The van der Waals surface area contributed by atoms with E-state index in [1.807, 2.05) is 13.1 Å². The van der Waals surface area contributed by atoms with Crippen molar-refractivity contribution in [1.29, 1.82) is 0 Å². The molecule has 0 heterocycles. The summed E-state index contributed by atoms with van der Waals surface area (Å²) in [6, 6.07) is 0. The quantitative estimate of drug-likeness (QED) is 0.371. The zero-order valence-corrected chi connectivity index (χ0v) is 8.51. The highest BCUT2D eigenvalue weighted by Crippen LogP contribution is 1.95. The number of unbranched alkanes of at least 4 members (excludes halogenated alkanes) is 2. The summed E-state index contributed by atoms with van der Waals surface area (Å²) in [5.74, 6) is -0.240. The van der Waals surface area contributed by atoms with Gasteiger partial charge < -0.3 is 10.1 Å². The molecule has 0 spiro atoms. The van der Waals surface area contributed by atoms with E-state index >= 15 is 0 Å². The van der Waals surface area contributed by atoms with Crippen molar-refractivity contribution < 1.29 is 9.53 Å². The second-order valence-electron chi connectivity index (χ2n) is 2.75. The summed E-state index contributed by atoms with van der Waals surface area (Å²) in [6.45, 7) is 3.29. The first kappa shape index (κ1) is 12.2. The average Bonchev–Trinajstić information content (AvgIpc) is 2.11. The third kappa shape index (κ3) is 9.08. The molecule has 0 rings (SSSR count). The molecular weight excluding hydrogens is 166 g/mol. The molecule has 0 aromatic carbocycles. The van der Waals surface area contributed by atoms with Gasteiger partial charge in [-0.1, -0.05) is 6.08 Å². The van der Waals surface area contributed by atoms with Crippen LogP contribution in [0.2, 0.25) is 0 Å². The fourth-order valence-electron chi connectivity index (χ4n) is 0.934. The summed E-state index contributed by atoms with van der Waals surface area (Å²) >= 11 is 0. The molecule has 0 aliphatic rings. The Bertz CT molecular complexity index is 155. The lowest BCUT2D eigenvalue weighted by molar-refractivity contribution is -0.137. The molecule has 13 heavy (non-hydrogen) atoms. The SMILES string of the molecule is CCOC(=O)/C=C/CCCCNC. The first-order chi connectivity index (χ1) is 6.31. The highest BCUT2D eigenvalue weighted by Gasteiger charge is 1.91. The highest BCUT2D eigenvalue weighted by atomic mass is 16.5. The number of allylic oxidation sites excluding steroid dienone is 1. The van der Waals surface area contributed by atoms with Crippen molar-refractivity contribution in [3.8, 4) is 0 Å². The van der Waals surface area contributed by atoms with Crippen molar-refractivity contribution in [3.05, 3.63) is 12.2 Å². The first-order valence-electron chi connectivity index (χ1n) is 4.79. The van der Waals surface area contributed by atoms with Crippen LogP contribution in [0.1, 0.15) is 26.2 Å². The maximum absolute atomic E-state index is 10.8. The monoisotopic (exact) mass is 185 g/mol. The van der Waals surface area contributed by atoms with Crippen molar-refractivity contribution >= 4 is 5.97 Å². The molecule has 0 bridgehead atoms. The van der Waals surface area contributed by atoms with E-state index in [-0.39, 0.29) is 5.97 Å². The fraction of sp³-hybridized carbons (Fsp3) is 0.700. The third-order valence-corrected chi connectivity index (χ3v) is 1.59. The summed E-state index contributed by atoms with van der Waals surface area (Å²) in [7, 11) is 1.94.